The van der Waals surface area contributed by atoms with Crippen LogP contribution in [0.3, 0.4) is 0 Å². The minimum absolute atomic E-state index is 0.219. The largest absolute Gasteiger partial charge is 0.481 e. The van der Waals surface area contributed by atoms with Crippen LogP contribution in [0.15, 0.2) is 0 Å². The molecular formula is C19H32O9. The highest BCUT2D eigenvalue weighted by molar-refractivity contribution is 5.78. The lowest BCUT2D eigenvalue weighted by molar-refractivity contribution is -0.327. The molecule has 0 amide bonds. The molecule has 2 aliphatic rings. The van der Waals surface area contributed by atoms with Crippen LogP contribution in [0.1, 0.15) is 77.0 Å². The Hall–Kier alpha value is -1.26. The maximum absolute atomic E-state index is 11.1. The van der Waals surface area contributed by atoms with E-state index in [9.17, 15) is 35.1 Å². The molecule has 0 radical (unpaired) electrons. The quantitative estimate of drug-likeness (QED) is 0.161. The fourth-order valence-corrected chi connectivity index (χ4v) is 3.78. The third kappa shape index (κ3) is 5.42. The number of unbranched alkanes of at least 4 members (excludes halogenated alkanes) is 2. The summed E-state index contributed by atoms with van der Waals surface area (Å²) < 4.78 is 0. The minimum Gasteiger partial charge on any atom is -0.481 e. The SMILES string of the molecule is O=C(O)C1(CCCCC(O)(O)C(O)C(O)(O)CCCCC2(C(=O)O)CC2)CC1. The summed E-state index contributed by atoms with van der Waals surface area (Å²) in [6.07, 6.45) is 1.64. The summed E-state index contributed by atoms with van der Waals surface area (Å²) in [6.45, 7) is 0. The number of hydrogen-bond donors (Lipinski definition) is 7. The molecule has 28 heavy (non-hydrogen) atoms. The molecule has 9 nitrogen and oxygen atoms in total. The number of rotatable bonds is 14. The Labute approximate surface area is 163 Å². The number of aliphatic hydroxyl groups is 5. The minimum atomic E-state index is -2.72. The van der Waals surface area contributed by atoms with E-state index in [-0.39, 0.29) is 25.7 Å². The fraction of sp³-hybridized carbons (Fsp3) is 0.895. The van der Waals surface area contributed by atoms with Crippen molar-refractivity contribution < 1.29 is 45.3 Å². The van der Waals surface area contributed by atoms with Gasteiger partial charge in [-0.15, -0.1) is 0 Å². The molecule has 0 heterocycles. The van der Waals surface area contributed by atoms with Crippen molar-refractivity contribution in [2.75, 3.05) is 0 Å². The summed E-state index contributed by atoms with van der Waals surface area (Å²) >= 11 is 0. The van der Waals surface area contributed by atoms with Gasteiger partial charge in [0.15, 0.2) is 17.7 Å². The normalized spacial score (nSPS) is 20.2. The van der Waals surface area contributed by atoms with Crippen LogP contribution >= 0.6 is 0 Å². The van der Waals surface area contributed by atoms with Crippen molar-refractivity contribution >= 4 is 11.9 Å². The predicted octanol–water partition coefficient (Wildman–Crippen LogP) is 0.559. The van der Waals surface area contributed by atoms with Crippen molar-refractivity contribution in [1.29, 1.82) is 0 Å². The number of aliphatic carboxylic acids is 2. The van der Waals surface area contributed by atoms with E-state index in [2.05, 4.69) is 0 Å². The topological polar surface area (TPSA) is 176 Å². The smallest absolute Gasteiger partial charge is 0.309 e. The van der Waals surface area contributed by atoms with Gasteiger partial charge >= 0.3 is 11.9 Å². The van der Waals surface area contributed by atoms with Crippen molar-refractivity contribution in [3.05, 3.63) is 0 Å². The highest BCUT2D eigenvalue weighted by atomic mass is 16.6. The zero-order valence-electron chi connectivity index (χ0n) is 16.0. The van der Waals surface area contributed by atoms with E-state index in [4.69, 9.17) is 10.2 Å². The molecule has 9 heteroatoms. The third-order valence-corrected chi connectivity index (χ3v) is 6.39. The van der Waals surface area contributed by atoms with Gasteiger partial charge in [-0.1, -0.05) is 12.8 Å². The summed E-state index contributed by atoms with van der Waals surface area (Å²) in [6, 6.07) is 0. The average molecular weight is 404 g/mol. The molecule has 0 aliphatic heterocycles. The molecule has 0 atom stereocenters. The van der Waals surface area contributed by atoms with Crippen LogP contribution in [0.25, 0.3) is 0 Å². The monoisotopic (exact) mass is 404 g/mol. The second kappa shape index (κ2) is 8.23. The second-order valence-corrected chi connectivity index (χ2v) is 8.74. The summed E-state index contributed by atoms with van der Waals surface area (Å²) in [5.41, 5.74) is -1.42. The van der Waals surface area contributed by atoms with Crippen molar-refractivity contribution in [3.8, 4) is 0 Å². The van der Waals surface area contributed by atoms with E-state index in [0.717, 1.165) is 0 Å². The van der Waals surface area contributed by atoms with Crippen LogP contribution in [0.4, 0.5) is 0 Å². The van der Waals surface area contributed by atoms with E-state index in [0.29, 0.717) is 51.4 Å². The molecule has 2 rings (SSSR count). The maximum Gasteiger partial charge on any atom is 0.309 e. The van der Waals surface area contributed by atoms with Gasteiger partial charge in [0.2, 0.25) is 0 Å². The molecule has 2 fully saturated rings. The highest BCUT2D eigenvalue weighted by Crippen LogP contribution is 2.51. The molecule has 7 N–H and O–H groups in total. The Kier molecular flexibility index (Phi) is 6.77. The van der Waals surface area contributed by atoms with Crippen LogP contribution in [-0.4, -0.2) is 65.4 Å². The van der Waals surface area contributed by atoms with Crippen LogP contribution in [-0.2, 0) is 9.59 Å². The van der Waals surface area contributed by atoms with Crippen molar-refractivity contribution in [1.82, 2.24) is 0 Å². The van der Waals surface area contributed by atoms with Gasteiger partial charge in [-0.25, -0.2) is 0 Å². The van der Waals surface area contributed by atoms with Crippen molar-refractivity contribution in [2.45, 2.75) is 94.7 Å². The van der Waals surface area contributed by atoms with E-state index in [1.807, 2.05) is 0 Å². The summed E-state index contributed by atoms with van der Waals surface area (Å²) in [5.74, 6) is -7.15. The zero-order chi connectivity index (χ0) is 21.2. The Balaban J connectivity index is 1.71. The summed E-state index contributed by atoms with van der Waals surface area (Å²) in [5, 5.41) is 68.4. The van der Waals surface area contributed by atoms with E-state index in [1.54, 1.807) is 0 Å². The van der Waals surface area contributed by atoms with Gasteiger partial charge < -0.3 is 35.7 Å². The first-order valence-corrected chi connectivity index (χ1v) is 9.91. The van der Waals surface area contributed by atoms with Crippen LogP contribution in [0, 0.1) is 10.8 Å². The number of carbonyl (C=O) groups is 2. The lowest BCUT2D eigenvalue weighted by Crippen LogP contribution is -2.56. The van der Waals surface area contributed by atoms with E-state index in [1.165, 1.54) is 0 Å². The maximum atomic E-state index is 11.1. The Bertz CT molecular complexity index is 526. The number of aliphatic hydroxyl groups excluding tert-OH is 1. The Morgan fingerprint density at radius 3 is 1.29 bits per heavy atom. The first kappa shape index (κ1) is 23.0. The molecule has 0 saturated heterocycles. The molecule has 2 aliphatic carbocycles. The lowest BCUT2D eigenvalue weighted by Gasteiger charge is -2.36. The molecule has 0 aromatic heterocycles. The van der Waals surface area contributed by atoms with Gasteiger partial charge in [-0.3, -0.25) is 9.59 Å². The third-order valence-electron chi connectivity index (χ3n) is 6.39. The Morgan fingerprint density at radius 2 is 1.04 bits per heavy atom. The van der Waals surface area contributed by atoms with E-state index >= 15 is 0 Å². The Morgan fingerprint density at radius 1 is 0.714 bits per heavy atom. The van der Waals surface area contributed by atoms with Gasteiger partial charge in [0, 0.05) is 12.8 Å². The van der Waals surface area contributed by atoms with Crippen LogP contribution in [0.5, 0.6) is 0 Å². The molecule has 0 aromatic carbocycles. The number of hydrogen-bond acceptors (Lipinski definition) is 7. The van der Waals surface area contributed by atoms with Crippen LogP contribution < -0.4 is 0 Å². The lowest BCUT2D eigenvalue weighted by atomic mass is 9.90. The summed E-state index contributed by atoms with van der Waals surface area (Å²) in [4.78, 5) is 22.2. The molecule has 162 valence electrons. The molecular weight excluding hydrogens is 372 g/mol. The molecule has 0 bridgehead atoms. The van der Waals surface area contributed by atoms with Crippen LogP contribution in [0.2, 0.25) is 0 Å². The first-order chi connectivity index (χ1) is 12.9. The zero-order valence-corrected chi connectivity index (χ0v) is 16.0. The molecule has 2 saturated carbocycles. The van der Waals surface area contributed by atoms with Crippen molar-refractivity contribution in [2.24, 2.45) is 10.8 Å². The standard InChI is InChI=1S/C19H32O9/c20-13(18(25,26)7-3-1-5-16(9-10-16)14(21)22)19(27,28)8-4-2-6-17(11-12-17)15(23)24/h13,20,25-28H,1-12H2,(H,21,22)(H,23,24). The van der Waals surface area contributed by atoms with Gasteiger partial charge in [-0.05, 0) is 51.4 Å². The molecule has 0 unspecified atom stereocenters. The summed E-state index contributed by atoms with van der Waals surface area (Å²) in [7, 11) is 0. The van der Waals surface area contributed by atoms with Crippen molar-refractivity contribution in [3.63, 3.8) is 0 Å². The van der Waals surface area contributed by atoms with Gasteiger partial charge in [0.1, 0.15) is 0 Å². The number of carboxylic acid groups (broad SMARTS) is 2. The second-order valence-electron chi connectivity index (χ2n) is 8.74. The van der Waals surface area contributed by atoms with E-state index < -0.39 is 40.4 Å². The first-order valence-electron chi connectivity index (χ1n) is 9.91. The average Bonchev–Trinajstić information content (AvgIpc) is 3.50. The van der Waals surface area contributed by atoms with Gasteiger partial charge in [-0.2, -0.15) is 0 Å². The van der Waals surface area contributed by atoms with Gasteiger partial charge in [0.25, 0.3) is 0 Å². The predicted molar refractivity (Wildman–Crippen MR) is 95.9 cm³/mol. The molecule has 0 spiro atoms. The van der Waals surface area contributed by atoms with Gasteiger partial charge in [0.05, 0.1) is 10.8 Å². The highest BCUT2D eigenvalue weighted by Gasteiger charge is 2.51. The molecule has 0 aromatic rings. The number of carboxylic acids is 2. The fourth-order valence-electron chi connectivity index (χ4n) is 3.78.